The van der Waals surface area contributed by atoms with Gasteiger partial charge in [-0.3, -0.25) is 9.59 Å². The van der Waals surface area contributed by atoms with Crippen molar-refractivity contribution < 1.29 is 9.59 Å². The van der Waals surface area contributed by atoms with E-state index in [-0.39, 0.29) is 16.7 Å². The van der Waals surface area contributed by atoms with Crippen molar-refractivity contribution in [2.75, 3.05) is 25.4 Å². The van der Waals surface area contributed by atoms with Crippen molar-refractivity contribution >= 4 is 29.7 Å². The normalized spacial score (nSPS) is 19.1. The third-order valence-corrected chi connectivity index (χ3v) is 7.11. The highest BCUT2D eigenvalue weighted by Gasteiger charge is 2.46. The molecule has 0 bridgehead atoms. The minimum absolute atomic E-state index is 0.0894. The van der Waals surface area contributed by atoms with Crippen LogP contribution in [0.3, 0.4) is 0 Å². The number of thioether (sulfide) groups is 1. The quantitative estimate of drug-likeness (QED) is 0.544. The highest BCUT2D eigenvalue weighted by atomic mass is 32.2. The smallest absolute Gasteiger partial charge is 0.247 e. The zero-order valence-corrected chi connectivity index (χ0v) is 17.0. The summed E-state index contributed by atoms with van der Waals surface area (Å²) in [5, 5.41) is 0. The molecule has 2 fully saturated rings. The Balaban J connectivity index is 1.57. The molecule has 0 atom stereocenters. The fourth-order valence-corrected chi connectivity index (χ4v) is 5.41. The van der Waals surface area contributed by atoms with Crippen LogP contribution in [0.5, 0.6) is 0 Å². The highest BCUT2D eigenvalue weighted by molar-refractivity contribution is 8.00. The monoisotopic (exact) mass is 386 g/mol. The molecule has 0 aromatic heterocycles. The lowest BCUT2D eigenvalue weighted by atomic mass is 10.0. The molecule has 2 aliphatic rings. The van der Waals surface area contributed by atoms with Gasteiger partial charge in [-0.15, -0.1) is 11.8 Å². The molecule has 0 N–H and O–H groups in total. The summed E-state index contributed by atoms with van der Waals surface area (Å²) in [6.45, 7) is 4.49. The van der Waals surface area contributed by atoms with Gasteiger partial charge in [-0.05, 0) is 30.9 Å². The van der Waals surface area contributed by atoms with E-state index in [0.717, 1.165) is 63.1 Å². The molecule has 4 nitrogen and oxygen atoms in total. The van der Waals surface area contributed by atoms with E-state index in [1.807, 2.05) is 58.0 Å². The minimum atomic E-state index is -0.127. The van der Waals surface area contributed by atoms with Gasteiger partial charge in [0, 0.05) is 37.9 Å². The second-order valence-electron chi connectivity index (χ2n) is 7.37. The van der Waals surface area contributed by atoms with Gasteiger partial charge in [0.1, 0.15) is 0 Å². The summed E-state index contributed by atoms with van der Waals surface area (Å²) in [6, 6.07) is 9.93. The first-order valence-electron chi connectivity index (χ1n) is 10.1. The second kappa shape index (κ2) is 9.45. The first kappa shape index (κ1) is 20.0. The van der Waals surface area contributed by atoms with Gasteiger partial charge in [0.05, 0.1) is 4.87 Å². The molecule has 0 saturated carbocycles. The van der Waals surface area contributed by atoms with E-state index in [1.54, 1.807) is 6.08 Å². The van der Waals surface area contributed by atoms with Crippen molar-refractivity contribution in [2.24, 2.45) is 0 Å². The first-order chi connectivity index (χ1) is 13.1. The van der Waals surface area contributed by atoms with Gasteiger partial charge in [0.25, 0.3) is 0 Å². The Hall–Kier alpha value is -1.75. The maximum absolute atomic E-state index is 12.8. The average Bonchev–Trinajstić information content (AvgIpc) is 3.10. The number of benzene rings is 1. The molecule has 1 aromatic rings. The van der Waals surface area contributed by atoms with Crippen LogP contribution in [-0.4, -0.2) is 51.9 Å². The molecule has 2 aliphatic heterocycles. The van der Waals surface area contributed by atoms with Gasteiger partial charge in [-0.2, -0.15) is 0 Å². The summed E-state index contributed by atoms with van der Waals surface area (Å²) in [7, 11) is 0. The summed E-state index contributed by atoms with van der Waals surface area (Å²) in [4.78, 5) is 29.1. The van der Waals surface area contributed by atoms with Gasteiger partial charge < -0.3 is 9.80 Å². The third-order valence-electron chi connectivity index (χ3n) is 5.55. The predicted molar refractivity (Wildman–Crippen MR) is 112 cm³/mol. The van der Waals surface area contributed by atoms with Crippen molar-refractivity contribution in [1.82, 2.24) is 9.80 Å². The Morgan fingerprint density at radius 1 is 1.11 bits per heavy atom. The molecule has 146 valence electrons. The standard InChI is InChI=1S/C22H30N2O2S/c1-2-3-5-10-20(25)23-15-13-22(14-16-23)24(17-18-27-22)21(26)12-11-19-8-6-4-7-9-19/h4,6-9,11-12H,2-3,5,10,13-18H2,1H3. The molecule has 1 spiro atoms. The van der Waals surface area contributed by atoms with Gasteiger partial charge in [-0.25, -0.2) is 0 Å². The fraction of sp³-hybridized carbons (Fsp3) is 0.545. The number of unbranched alkanes of at least 4 members (excludes halogenated alkanes) is 2. The van der Waals surface area contributed by atoms with Crippen LogP contribution in [0.1, 0.15) is 51.0 Å². The van der Waals surface area contributed by atoms with Crippen LogP contribution in [0, 0.1) is 0 Å². The lowest BCUT2D eigenvalue weighted by molar-refractivity contribution is -0.134. The Morgan fingerprint density at radius 3 is 2.56 bits per heavy atom. The Kier molecular flexibility index (Phi) is 7.00. The van der Waals surface area contributed by atoms with Gasteiger partial charge in [-0.1, -0.05) is 50.1 Å². The molecule has 0 radical (unpaired) electrons. The largest absolute Gasteiger partial charge is 0.342 e. The SMILES string of the molecule is CCCCCC(=O)N1CCC2(CC1)SCCN2C(=O)C=Cc1ccccc1. The Labute approximate surface area is 167 Å². The van der Waals surface area contributed by atoms with Crippen molar-refractivity contribution in [2.45, 2.75) is 50.3 Å². The number of nitrogens with zero attached hydrogens (tertiary/aromatic N) is 2. The van der Waals surface area contributed by atoms with Crippen molar-refractivity contribution in [3.05, 3.63) is 42.0 Å². The van der Waals surface area contributed by atoms with E-state index in [0.29, 0.717) is 6.42 Å². The second-order valence-corrected chi connectivity index (χ2v) is 8.82. The topological polar surface area (TPSA) is 40.6 Å². The summed E-state index contributed by atoms with van der Waals surface area (Å²) < 4.78 is 0. The third kappa shape index (κ3) is 4.95. The first-order valence-corrected chi connectivity index (χ1v) is 11.1. The van der Waals surface area contributed by atoms with E-state index in [1.165, 1.54) is 0 Å². The summed E-state index contributed by atoms with van der Waals surface area (Å²) in [5.41, 5.74) is 1.04. The van der Waals surface area contributed by atoms with E-state index in [2.05, 4.69) is 6.92 Å². The molecular formula is C22H30N2O2S. The number of amides is 2. The van der Waals surface area contributed by atoms with Crippen molar-refractivity contribution in [3.8, 4) is 0 Å². The molecule has 0 aliphatic carbocycles. The van der Waals surface area contributed by atoms with Crippen molar-refractivity contribution in [3.63, 3.8) is 0 Å². The highest BCUT2D eigenvalue weighted by Crippen LogP contribution is 2.44. The Bertz CT molecular complexity index is 666. The van der Waals surface area contributed by atoms with Crippen LogP contribution in [0.4, 0.5) is 0 Å². The van der Waals surface area contributed by atoms with Crippen LogP contribution in [-0.2, 0) is 9.59 Å². The molecule has 2 heterocycles. The molecule has 5 heteroatoms. The van der Waals surface area contributed by atoms with Gasteiger partial charge in [0.2, 0.25) is 11.8 Å². The van der Waals surface area contributed by atoms with Crippen LogP contribution in [0.15, 0.2) is 36.4 Å². The van der Waals surface area contributed by atoms with Crippen LogP contribution >= 0.6 is 11.8 Å². The van der Waals surface area contributed by atoms with Crippen LogP contribution in [0.2, 0.25) is 0 Å². The number of piperidine rings is 1. The average molecular weight is 387 g/mol. The minimum Gasteiger partial charge on any atom is -0.342 e. The van der Waals surface area contributed by atoms with E-state index in [4.69, 9.17) is 0 Å². The predicted octanol–water partition coefficient (Wildman–Crippen LogP) is 4.17. The molecular weight excluding hydrogens is 356 g/mol. The Morgan fingerprint density at radius 2 is 1.85 bits per heavy atom. The molecule has 1 aromatic carbocycles. The zero-order chi connectivity index (χ0) is 19.1. The number of carbonyl (C=O) groups is 2. The number of hydrogen-bond donors (Lipinski definition) is 0. The number of rotatable bonds is 6. The molecule has 3 rings (SSSR count). The molecule has 2 amide bonds. The lowest BCUT2D eigenvalue weighted by Gasteiger charge is -2.43. The fourth-order valence-electron chi connectivity index (χ4n) is 3.95. The van der Waals surface area contributed by atoms with E-state index >= 15 is 0 Å². The lowest BCUT2D eigenvalue weighted by Crippen LogP contribution is -2.53. The van der Waals surface area contributed by atoms with Crippen LogP contribution in [0.25, 0.3) is 6.08 Å². The maximum Gasteiger partial charge on any atom is 0.247 e. The molecule has 2 saturated heterocycles. The summed E-state index contributed by atoms with van der Waals surface area (Å²) >= 11 is 1.89. The molecule has 27 heavy (non-hydrogen) atoms. The molecule has 0 unspecified atom stereocenters. The van der Waals surface area contributed by atoms with Gasteiger partial charge >= 0.3 is 0 Å². The number of likely N-dealkylation sites (tertiary alicyclic amines) is 1. The maximum atomic E-state index is 12.8. The van der Waals surface area contributed by atoms with Crippen LogP contribution < -0.4 is 0 Å². The number of hydrogen-bond acceptors (Lipinski definition) is 3. The van der Waals surface area contributed by atoms with E-state index in [9.17, 15) is 9.59 Å². The number of carbonyl (C=O) groups excluding carboxylic acids is 2. The van der Waals surface area contributed by atoms with Gasteiger partial charge in [0.15, 0.2) is 0 Å². The van der Waals surface area contributed by atoms with E-state index < -0.39 is 0 Å². The van der Waals surface area contributed by atoms with Crippen molar-refractivity contribution in [1.29, 1.82) is 0 Å². The summed E-state index contributed by atoms with van der Waals surface area (Å²) in [6.07, 6.45) is 9.26. The summed E-state index contributed by atoms with van der Waals surface area (Å²) in [5.74, 6) is 1.35. The zero-order valence-electron chi connectivity index (χ0n) is 16.2.